The number of hydrogen-bond acceptors (Lipinski definition) is 6. The van der Waals surface area contributed by atoms with Gasteiger partial charge in [-0.1, -0.05) is 12.2 Å². The zero-order valence-electron chi connectivity index (χ0n) is 12.2. The number of anilines is 1. The first-order valence-corrected chi connectivity index (χ1v) is 6.62. The summed E-state index contributed by atoms with van der Waals surface area (Å²) in [5.74, 6) is 0.547. The lowest BCUT2D eigenvalue weighted by atomic mass is 10.3. The van der Waals surface area contributed by atoms with Crippen molar-refractivity contribution in [2.45, 2.75) is 20.1 Å². The van der Waals surface area contributed by atoms with Crippen molar-refractivity contribution in [2.75, 3.05) is 11.4 Å². The number of nitrogens with zero attached hydrogens (tertiary/aromatic N) is 3. The maximum Gasteiger partial charge on any atom is 0.356 e. The Morgan fingerprint density at radius 1 is 1.32 bits per heavy atom. The lowest BCUT2D eigenvalue weighted by molar-refractivity contribution is 0.0690. The molecule has 0 saturated carbocycles. The van der Waals surface area contributed by atoms with Gasteiger partial charge in [0, 0.05) is 6.54 Å². The van der Waals surface area contributed by atoms with E-state index in [1.807, 2.05) is 11.8 Å². The Kier molecular flexibility index (Phi) is 4.90. The third kappa shape index (κ3) is 3.92. The van der Waals surface area contributed by atoms with Crippen LogP contribution in [0.25, 0.3) is 0 Å². The fraction of sp³-hybridized carbons (Fsp3) is 0.267. The summed E-state index contributed by atoms with van der Waals surface area (Å²) in [7, 11) is 0. The van der Waals surface area contributed by atoms with Crippen LogP contribution in [0.2, 0.25) is 0 Å². The lowest BCUT2D eigenvalue weighted by Crippen LogP contribution is -2.25. The fourth-order valence-electron chi connectivity index (χ4n) is 1.92. The normalized spacial score (nSPS) is 10.5. The van der Waals surface area contributed by atoms with E-state index in [2.05, 4.69) is 16.5 Å². The molecule has 0 bridgehead atoms. The largest absolute Gasteiger partial charge is 0.476 e. The monoisotopic (exact) mass is 303 g/mol. The first-order valence-electron chi connectivity index (χ1n) is 6.62. The minimum Gasteiger partial charge on any atom is -0.476 e. The molecule has 0 saturated heterocycles. The molecule has 0 atom stereocenters. The van der Waals surface area contributed by atoms with Gasteiger partial charge in [0.05, 0.1) is 18.9 Å². The second-order valence-corrected chi connectivity index (χ2v) is 4.90. The van der Waals surface area contributed by atoms with Gasteiger partial charge < -0.3 is 19.5 Å². The number of aromatic nitrogens is 2. The number of carboxylic acid groups (broad SMARTS) is 1. The van der Waals surface area contributed by atoms with Crippen LogP contribution in [-0.2, 0) is 13.2 Å². The van der Waals surface area contributed by atoms with Gasteiger partial charge in [-0.3, -0.25) is 0 Å². The molecule has 2 aromatic rings. The third-order valence-corrected chi connectivity index (χ3v) is 2.86. The van der Waals surface area contributed by atoms with Crippen LogP contribution < -0.4 is 4.90 Å². The van der Waals surface area contributed by atoms with Gasteiger partial charge in [0.15, 0.2) is 5.69 Å². The second kappa shape index (κ2) is 6.86. The summed E-state index contributed by atoms with van der Waals surface area (Å²) >= 11 is 0. The number of aliphatic hydroxyl groups is 1. The van der Waals surface area contributed by atoms with Crippen LogP contribution in [0, 0.1) is 0 Å². The predicted octanol–water partition coefficient (Wildman–Crippen LogP) is 1.84. The van der Waals surface area contributed by atoms with Crippen LogP contribution in [0.5, 0.6) is 0 Å². The maximum absolute atomic E-state index is 10.8. The van der Waals surface area contributed by atoms with Crippen molar-refractivity contribution in [3.63, 3.8) is 0 Å². The molecule has 22 heavy (non-hydrogen) atoms. The molecule has 0 aliphatic heterocycles. The van der Waals surface area contributed by atoms with Crippen molar-refractivity contribution in [3.8, 4) is 0 Å². The molecule has 7 heteroatoms. The van der Waals surface area contributed by atoms with Gasteiger partial charge in [0.25, 0.3) is 0 Å². The molecular formula is C15H17N3O4. The molecule has 0 unspecified atom stereocenters. The zero-order chi connectivity index (χ0) is 16.1. The number of rotatable bonds is 7. The van der Waals surface area contributed by atoms with Gasteiger partial charge in [0.1, 0.15) is 23.9 Å². The summed E-state index contributed by atoms with van der Waals surface area (Å²) in [5.41, 5.74) is 0.803. The summed E-state index contributed by atoms with van der Waals surface area (Å²) in [6.45, 7) is 6.53. The van der Waals surface area contributed by atoms with E-state index in [-0.39, 0.29) is 12.3 Å². The highest BCUT2D eigenvalue weighted by Crippen LogP contribution is 2.17. The van der Waals surface area contributed by atoms with Crippen LogP contribution in [0.4, 0.5) is 5.82 Å². The SMILES string of the molecule is C=C(C)CN(Cc1ccc(CO)o1)c1cnc(C(=O)O)cn1. The molecule has 2 heterocycles. The Bertz CT molecular complexity index is 664. The molecule has 2 aromatic heterocycles. The summed E-state index contributed by atoms with van der Waals surface area (Å²) in [4.78, 5) is 20.7. The minimum atomic E-state index is -1.12. The number of aromatic carboxylic acids is 1. The highest BCUT2D eigenvalue weighted by atomic mass is 16.4. The van der Waals surface area contributed by atoms with Crippen LogP contribution in [0.1, 0.15) is 28.9 Å². The Morgan fingerprint density at radius 2 is 2.05 bits per heavy atom. The third-order valence-electron chi connectivity index (χ3n) is 2.86. The van der Waals surface area contributed by atoms with Crippen molar-refractivity contribution >= 4 is 11.8 Å². The van der Waals surface area contributed by atoms with Gasteiger partial charge in [-0.05, 0) is 19.1 Å². The number of hydrogen-bond donors (Lipinski definition) is 2. The summed E-state index contributed by atoms with van der Waals surface area (Å²) in [5, 5.41) is 17.9. The molecule has 0 aromatic carbocycles. The van der Waals surface area contributed by atoms with Crippen molar-refractivity contribution in [1.82, 2.24) is 9.97 Å². The molecule has 0 fully saturated rings. The van der Waals surface area contributed by atoms with E-state index < -0.39 is 5.97 Å². The van der Waals surface area contributed by atoms with E-state index in [4.69, 9.17) is 14.6 Å². The smallest absolute Gasteiger partial charge is 0.356 e. The number of carboxylic acids is 1. The van der Waals surface area contributed by atoms with Gasteiger partial charge in [-0.15, -0.1) is 0 Å². The molecule has 0 radical (unpaired) electrons. The molecular weight excluding hydrogens is 286 g/mol. The Labute approximate surface area is 127 Å². The molecule has 2 rings (SSSR count). The average molecular weight is 303 g/mol. The Balaban J connectivity index is 2.21. The van der Waals surface area contributed by atoms with Crippen molar-refractivity contribution < 1.29 is 19.4 Å². The van der Waals surface area contributed by atoms with E-state index in [0.29, 0.717) is 30.4 Å². The van der Waals surface area contributed by atoms with Crippen LogP contribution >= 0.6 is 0 Å². The second-order valence-electron chi connectivity index (χ2n) is 4.90. The van der Waals surface area contributed by atoms with Gasteiger partial charge in [-0.2, -0.15) is 0 Å². The quantitative estimate of drug-likeness (QED) is 0.753. The first kappa shape index (κ1) is 15.7. The highest BCUT2D eigenvalue weighted by Gasteiger charge is 2.13. The molecule has 116 valence electrons. The number of aliphatic hydroxyl groups excluding tert-OH is 1. The average Bonchev–Trinajstić information content (AvgIpc) is 2.94. The molecule has 2 N–H and O–H groups in total. The number of furan rings is 1. The standard InChI is InChI=1S/C15H17N3O4/c1-10(2)7-18(8-11-3-4-12(9-19)22-11)14-6-16-13(5-17-14)15(20)21/h3-6,19H,1,7-9H2,2H3,(H,20,21). The van der Waals surface area contributed by atoms with Crippen LogP contribution in [0.3, 0.4) is 0 Å². The van der Waals surface area contributed by atoms with Crippen molar-refractivity contribution in [2.24, 2.45) is 0 Å². The van der Waals surface area contributed by atoms with E-state index in [1.54, 1.807) is 12.1 Å². The maximum atomic E-state index is 10.8. The molecule has 7 nitrogen and oxygen atoms in total. The summed E-state index contributed by atoms with van der Waals surface area (Å²) in [6, 6.07) is 3.48. The predicted molar refractivity (Wildman–Crippen MR) is 79.5 cm³/mol. The van der Waals surface area contributed by atoms with Crippen LogP contribution in [-0.4, -0.2) is 32.7 Å². The number of carbonyl (C=O) groups is 1. The topological polar surface area (TPSA) is 99.7 Å². The van der Waals surface area contributed by atoms with Gasteiger partial charge >= 0.3 is 5.97 Å². The van der Waals surface area contributed by atoms with Gasteiger partial charge in [-0.25, -0.2) is 14.8 Å². The van der Waals surface area contributed by atoms with E-state index >= 15 is 0 Å². The molecule has 0 aliphatic rings. The van der Waals surface area contributed by atoms with E-state index in [1.165, 1.54) is 12.4 Å². The van der Waals surface area contributed by atoms with Crippen molar-refractivity contribution in [1.29, 1.82) is 0 Å². The lowest BCUT2D eigenvalue weighted by Gasteiger charge is -2.22. The first-order chi connectivity index (χ1) is 10.5. The summed E-state index contributed by atoms with van der Waals surface area (Å²) in [6.07, 6.45) is 2.62. The molecule has 0 aliphatic carbocycles. The van der Waals surface area contributed by atoms with E-state index in [9.17, 15) is 4.79 Å². The highest BCUT2D eigenvalue weighted by molar-refractivity contribution is 5.84. The zero-order valence-corrected chi connectivity index (χ0v) is 12.2. The fourth-order valence-corrected chi connectivity index (χ4v) is 1.92. The van der Waals surface area contributed by atoms with Crippen molar-refractivity contribution in [3.05, 3.63) is 53.9 Å². The Morgan fingerprint density at radius 3 is 2.55 bits per heavy atom. The molecule has 0 amide bonds. The van der Waals surface area contributed by atoms with Crippen LogP contribution in [0.15, 0.2) is 41.1 Å². The molecule has 0 spiro atoms. The van der Waals surface area contributed by atoms with Gasteiger partial charge in [0.2, 0.25) is 0 Å². The Hall–Kier alpha value is -2.67. The summed E-state index contributed by atoms with van der Waals surface area (Å²) < 4.78 is 5.46. The minimum absolute atomic E-state index is 0.111. The van der Waals surface area contributed by atoms with E-state index in [0.717, 1.165) is 5.57 Å².